The first-order chi connectivity index (χ1) is 17.2. The van der Waals surface area contributed by atoms with Gasteiger partial charge in [0.2, 0.25) is 5.88 Å². The van der Waals surface area contributed by atoms with E-state index in [0.29, 0.717) is 29.0 Å². The van der Waals surface area contributed by atoms with Crippen molar-refractivity contribution in [3.05, 3.63) is 47.4 Å². The van der Waals surface area contributed by atoms with Crippen LogP contribution >= 0.6 is 11.8 Å². The molecule has 0 radical (unpaired) electrons. The van der Waals surface area contributed by atoms with Crippen molar-refractivity contribution in [3.63, 3.8) is 0 Å². The standard InChI is InChI=1S/C27H33N5O3S/c1-14-24-18(26(33)35-27(14,3)4)6-7-22(32-24)31-23-10-19-20(15(2)28)11-30-25(21(19)12-29-23)34-17-8-16(9-17)13-36-5/h6-7,10-12,14-17H,8-9,13,28H2,1-5H3,(H,29,31,32). The van der Waals surface area contributed by atoms with Crippen LogP contribution in [0.4, 0.5) is 11.6 Å². The lowest BCUT2D eigenvalue weighted by Gasteiger charge is -2.36. The van der Waals surface area contributed by atoms with Gasteiger partial charge in [0.1, 0.15) is 23.3 Å². The monoisotopic (exact) mass is 507 g/mol. The third-order valence-electron chi connectivity index (χ3n) is 7.34. The molecule has 0 spiro atoms. The molecule has 0 aromatic carbocycles. The lowest BCUT2D eigenvalue weighted by atomic mass is 9.84. The van der Waals surface area contributed by atoms with E-state index in [-0.39, 0.29) is 24.0 Å². The van der Waals surface area contributed by atoms with Crippen LogP contribution in [0, 0.1) is 5.92 Å². The van der Waals surface area contributed by atoms with Crippen LogP contribution in [0.25, 0.3) is 10.8 Å². The zero-order chi connectivity index (χ0) is 25.6. The van der Waals surface area contributed by atoms with Gasteiger partial charge in [-0.25, -0.2) is 19.7 Å². The molecule has 8 nitrogen and oxygen atoms in total. The van der Waals surface area contributed by atoms with E-state index in [0.717, 1.165) is 34.9 Å². The van der Waals surface area contributed by atoms with E-state index >= 15 is 0 Å². The number of carbonyl (C=O) groups is 1. The van der Waals surface area contributed by atoms with Gasteiger partial charge in [0, 0.05) is 24.4 Å². The third-order valence-corrected chi connectivity index (χ3v) is 8.14. The van der Waals surface area contributed by atoms with Crippen molar-refractivity contribution in [1.82, 2.24) is 15.0 Å². The second-order valence-corrected chi connectivity index (χ2v) is 11.3. The molecule has 3 aromatic heterocycles. The first-order valence-electron chi connectivity index (χ1n) is 12.4. The van der Waals surface area contributed by atoms with Crippen LogP contribution in [0.15, 0.2) is 30.6 Å². The number of esters is 1. The highest BCUT2D eigenvalue weighted by atomic mass is 32.2. The third kappa shape index (κ3) is 4.62. The molecule has 4 heterocycles. The van der Waals surface area contributed by atoms with Crippen LogP contribution in [0.1, 0.15) is 74.1 Å². The number of nitrogens with two attached hydrogens (primary N) is 1. The Morgan fingerprint density at radius 3 is 2.72 bits per heavy atom. The maximum absolute atomic E-state index is 12.4. The molecule has 0 saturated heterocycles. The summed E-state index contributed by atoms with van der Waals surface area (Å²) in [5.74, 6) is 3.33. The van der Waals surface area contributed by atoms with Gasteiger partial charge in [0.25, 0.3) is 0 Å². The van der Waals surface area contributed by atoms with Crippen molar-refractivity contribution in [2.24, 2.45) is 11.7 Å². The molecule has 190 valence electrons. The molecule has 2 atom stereocenters. The molecule has 1 aliphatic carbocycles. The lowest BCUT2D eigenvalue weighted by molar-refractivity contribution is -0.0189. The number of thioether (sulfide) groups is 1. The average Bonchev–Trinajstić information content (AvgIpc) is 2.80. The Balaban J connectivity index is 1.44. The Hall–Kier alpha value is -2.91. The number of nitrogens with one attached hydrogen (secondary N) is 1. The van der Waals surface area contributed by atoms with Gasteiger partial charge in [0.05, 0.1) is 16.6 Å². The summed E-state index contributed by atoms with van der Waals surface area (Å²) in [4.78, 5) is 26.4. The van der Waals surface area contributed by atoms with Crippen molar-refractivity contribution in [2.75, 3.05) is 17.3 Å². The number of cyclic esters (lactones) is 1. The Morgan fingerprint density at radius 2 is 2.00 bits per heavy atom. The first kappa shape index (κ1) is 24.8. The van der Waals surface area contributed by atoms with Gasteiger partial charge in [0.15, 0.2) is 0 Å². The highest BCUT2D eigenvalue weighted by molar-refractivity contribution is 7.98. The second-order valence-electron chi connectivity index (χ2n) is 10.4. The van der Waals surface area contributed by atoms with Crippen LogP contribution < -0.4 is 15.8 Å². The average molecular weight is 508 g/mol. The quantitative estimate of drug-likeness (QED) is 0.408. The summed E-state index contributed by atoms with van der Waals surface area (Å²) < 4.78 is 11.8. The molecule has 1 fully saturated rings. The molecular formula is C27H33N5O3S. The van der Waals surface area contributed by atoms with E-state index in [1.807, 2.05) is 45.5 Å². The topological polar surface area (TPSA) is 112 Å². The Labute approximate surface area is 215 Å². The van der Waals surface area contributed by atoms with Crippen molar-refractivity contribution in [1.29, 1.82) is 0 Å². The van der Waals surface area contributed by atoms with Crippen LogP contribution in [0.3, 0.4) is 0 Å². The van der Waals surface area contributed by atoms with E-state index in [1.54, 1.807) is 24.5 Å². The lowest BCUT2D eigenvalue weighted by Crippen LogP contribution is -2.39. The number of ether oxygens (including phenoxy) is 2. The van der Waals surface area contributed by atoms with E-state index in [1.165, 1.54) is 5.75 Å². The number of pyridine rings is 3. The zero-order valence-corrected chi connectivity index (χ0v) is 22.2. The number of rotatable bonds is 7. The second kappa shape index (κ2) is 9.52. The number of aromatic nitrogens is 3. The maximum atomic E-state index is 12.4. The van der Waals surface area contributed by atoms with Gasteiger partial charge >= 0.3 is 5.97 Å². The number of fused-ring (bicyclic) bond motifs is 2. The Kier molecular flexibility index (Phi) is 6.55. The van der Waals surface area contributed by atoms with Gasteiger partial charge < -0.3 is 20.5 Å². The fraction of sp³-hybridized carbons (Fsp3) is 0.481. The zero-order valence-electron chi connectivity index (χ0n) is 21.4. The molecule has 0 bridgehead atoms. The minimum atomic E-state index is -0.623. The fourth-order valence-electron chi connectivity index (χ4n) is 4.85. The number of hydrogen-bond donors (Lipinski definition) is 2. The normalized spacial score (nSPS) is 23.4. The van der Waals surface area contributed by atoms with Gasteiger partial charge in [-0.1, -0.05) is 6.92 Å². The van der Waals surface area contributed by atoms with Crippen LogP contribution in [-0.2, 0) is 4.74 Å². The van der Waals surface area contributed by atoms with Crippen molar-refractivity contribution in [3.8, 4) is 5.88 Å². The van der Waals surface area contributed by atoms with Crippen LogP contribution in [0.5, 0.6) is 5.88 Å². The maximum Gasteiger partial charge on any atom is 0.340 e. The highest BCUT2D eigenvalue weighted by Gasteiger charge is 2.40. The summed E-state index contributed by atoms with van der Waals surface area (Å²) in [5, 5.41) is 5.09. The highest BCUT2D eigenvalue weighted by Crippen LogP contribution is 2.39. The molecule has 1 saturated carbocycles. The SMILES string of the molecule is CSCC1CC(Oc2ncc(C(C)N)c3cc(Nc4ccc5c(n4)C(C)C(C)(C)OC5=O)ncc23)C1. The summed E-state index contributed by atoms with van der Waals surface area (Å²) in [6.45, 7) is 7.77. The van der Waals surface area contributed by atoms with Gasteiger partial charge in [-0.05, 0) is 80.7 Å². The smallest absolute Gasteiger partial charge is 0.340 e. The van der Waals surface area contributed by atoms with Gasteiger partial charge in [-0.15, -0.1) is 0 Å². The van der Waals surface area contributed by atoms with Crippen molar-refractivity contribution in [2.45, 2.75) is 64.2 Å². The largest absolute Gasteiger partial charge is 0.474 e. The minimum absolute atomic E-state index is 0.0472. The fourth-order valence-corrected chi connectivity index (χ4v) is 5.59. The molecular weight excluding hydrogens is 474 g/mol. The predicted molar refractivity (Wildman–Crippen MR) is 143 cm³/mol. The Morgan fingerprint density at radius 1 is 1.22 bits per heavy atom. The molecule has 3 N–H and O–H groups in total. The number of carbonyl (C=O) groups excluding carboxylic acids is 1. The molecule has 1 aliphatic heterocycles. The number of anilines is 2. The summed E-state index contributed by atoms with van der Waals surface area (Å²) in [6.07, 6.45) is 8.02. The summed E-state index contributed by atoms with van der Waals surface area (Å²) in [7, 11) is 0. The molecule has 2 aliphatic rings. The van der Waals surface area contributed by atoms with Crippen LogP contribution in [0.2, 0.25) is 0 Å². The first-order valence-corrected chi connectivity index (χ1v) is 13.8. The summed E-state index contributed by atoms with van der Waals surface area (Å²) >= 11 is 1.88. The van der Waals surface area contributed by atoms with E-state index in [9.17, 15) is 4.79 Å². The Bertz CT molecular complexity index is 1310. The molecule has 9 heteroatoms. The van der Waals surface area contributed by atoms with E-state index < -0.39 is 5.60 Å². The van der Waals surface area contributed by atoms with Gasteiger partial charge in [-0.3, -0.25) is 0 Å². The molecule has 36 heavy (non-hydrogen) atoms. The van der Waals surface area contributed by atoms with E-state index in [4.69, 9.17) is 20.2 Å². The number of nitrogens with zero attached hydrogens (tertiary/aromatic N) is 3. The van der Waals surface area contributed by atoms with Crippen molar-refractivity contribution >= 4 is 40.1 Å². The molecule has 0 amide bonds. The minimum Gasteiger partial charge on any atom is -0.474 e. The van der Waals surface area contributed by atoms with E-state index in [2.05, 4.69) is 21.5 Å². The summed E-state index contributed by atoms with van der Waals surface area (Å²) in [5.41, 5.74) is 7.80. The number of hydrogen-bond acceptors (Lipinski definition) is 9. The van der Waals surface area contributed by atoms with Crippen LogP contribution in [-0.4, -0.2) is 44.6 Å². The van der Waals surface area contributed by atoms with Crippen molar-refractivity contribution < 1.29 is 14.3 Å². The predicted octanol–water partition coefficient (Wildman–Crippen LogP) is 5.36. The summed E-state index contributed by atoms with van der Waals surface area (Å²) in [6, 6.07) is 5.29. The molecule has 3 aromatic rings. The van der Waals surface area contributed by atoms with Gasteiger partial charge in [-0.2, -0.15) is 11.8 Å². The molecule has 5 rings (SSSR count). The molecule has 2 unspecified atom stereocenters.